The summed E-state index contributed by atoms with van der Waals surface area (Å²) in [4.78, 5) is 87.1. The summed E-state index contributed by atoms with van der Waals surface area (Å²) in [5.74, 6) is -1.25. The lowest BCUT2D eigenvalue weighted by Crippen LogP contribution is -2.36. The normalized spacial score (nSPS) is 11.2. The van der Waals surface area contributed by atoms with Crippen LogP contribution in [0.2, 0.25) is 0 Å². The second kappa shape index (κ2) is 44.6. The van der Waals surface area contributed by atoms with Gasteiger partial charge in [0.1, 0.15) is 46.6 Å². The Hall–Kier alpha value is -12.8. The van der Waals surface area contributed by atoms with Crippen LogP contribution in [0, 0.1) is 40.2 Å². The van der Waals surface area contributed by atoms with Crippen LogP contribution in [0.4, 0.5) is 4.79 Å². The van der Waals surface area contributed by atoms with Gasteiger partial charge in [-0.3, -0.25) is 29.3 Å². The average Bonchev–Trinajstić information content (AvgIpc) is 1.75. The van der Waals surface area contributed by atoms with E-state index in [1.807, 2.05) is 78.9 Å². The SMILES string of the molecule is COc1ccc(CNC(=O)/C(C(=O)O)=C(/C)C=N)cc1.COc1ccc(CNC(=O)/C(N)=C(/C)C=N)cc1.COc1ccc(CNC(=O)/C(NC(=O)OCc2ccccc2)=C(/C)C=N)cc1.[C-]#[N+]/C(C(=O)NCc1ccc(OC)cc1)=C(\C)C=N.[C-]#[N+]/C(C(N)=O)=C(\C)C=N. The van der Waals surface area contributed by atoms with Gasteiger partial charge in [0, 0.05) is 57.3 Å². The highest BCUT2D eigenvalue weighted by Crippen LogP contribution is 2.16. The van der Waals surface area contributed by atoms with E-state index in [0.29, 0.717) is 41.1 Å². The molecule has 0 saturated heterocycles. The molecule has 27 heteroatoms. The number of nitrogens with two attached hydrogens (primary N) is 2. The molecule has 5 rings (SSSR count). The maximum absolute atomic E-state index is 12.5. The number of ether oxygens (including phenoxy) is 5. The zero-order valence-corrected chi connectivity index (χ0v) is 53.9. The Balaban J connectivity index is 0.000000612. The number of aliphatic carboxylic acids is 1. The van der Waals surface area contributed by atoms with E-state index >= 15 is 0 Å². The second-order valence-electron chi connectivity index (χ2n) is 19.2. The summed E-state index contributed by atoms with van der Waals surface area (Å²) in [6.07, 6.45) is 4.07. The van der Waals surface area contributed by atoms with Crippen LogP contribution < -0.4 is 57.0 Å². The number of nitrogens with zero attached hydrogens (tertiary/aromatic N) is 2. The van der Waals surface area contributed by atoms with E-state index in [4.69, 9.17) is 80.4 Å². The molecule has 5 aromatic rings. The van der Waals surface area contributed by atoms with Crippen LogP contribution in [0.5, 0.6) is 23.0 Å². The molecule has 0 aliphatic heterocycles. The van der Waals surface area contributed by atoms with E-state index in [-0.39, 0.29) is 54.0 Å². The van der Waals surface area contributed by atoms with Gasteiger partial charge in [-0.15, -0.1) is 0 Å². The third-order valence-electron chi connectivity index (χ3n) is 12.5. The number of rotatable bonds is 26. The number of carboxylic acid groups (broad SMARTS) is 1. The number of carbonyl (C=O) groups is 7. The fourth-order valence-electron chi connectivity index (χ4n) is 6.89. The Morgan fingerprint density at radius 1 is 0.442 bits per heavy atom. The van der Waals surface area contributed by atoms with Crippen molar-refractivity contribution in [1.29, 1.82) is 27.0 Å². The Morgan fingerprint density at radius 3 is 1.09 bits per heavy atom. The first-order chi connectivity index (χ1) is 45.3. The van der Waals surface area contributed by atoms with Crippen molar-refractivity contribution in [1.82, 2.24) is 26.6 Å². The number of nitrogens with one attached hydrogen (secondary N) is 10. The van der Waals surface area contributed by atoms with Gasteiger partial charge in [-0.25, -0.2) is 19.3 Å². The summed E-state index contributed by atoms with van der Waals surface area (Å²) in [5, 5.41) is 57.2. The first-order valence-electron chi connectivity index (χ1n) is 28.1. The average molecular weight is 1300 g/mol. The van der Waals surface area contributed by atoms with Gasteiger partial charge >= 0.3 is 12.1 Å². The molecular formula is C68H78N14O13. The summed E-state index contributed by atoms with van der Waals surface area (Å²) in [7, 11) is 6.32. The molecule has 0 atom stereocenters. The largest absolute Gasteiger partial charge is 0.497 e. The molecule has 498 valence electrons. The summed E-state index contributed by atoms with van der Waals surface area (Å²) in [5.41, 5.74) is 15.7. The molecule has 95 heavy (non-hydrogen) atoms. The number of carboxylic acids is 1. The summed E-state index contributed by atoms with van der Waals surface area (Å²) in [6, 6.07) is 38.1. The van der Waals surface area contributed by atoms with Gasteiger partial charge in [0.25, 0.3) is 35.0 Å². The Labute approximate surface area is 551 Å². The number of amides is 6. The predicted octanol–water partition coefficient (Wildman–Crippen LogP) is 8.19. The van der Waals surface area contributed by atoms with E-state index < -0.39 is 41.3 Å². The van der Waals surface area contributed by atoms with Crippen LogP contribution in [-0.4, -0.2) is 106 Å². The van der Waals surface area contributed by atoms with Crippen molar-refractivity contribution in [2.45, 2.75) is 67.4 Å². The number of methoxy groups -OCH3 is 4. The minimum absolute atomic E-state index is 0.0263. The van der Waals surface area contributed by atoms with Gasteiger partial charge in [0.2, 0.25) is 5.91 Å². The predicted molar refractivity (Wildman–Crippen MR) is 361 cm³/mol. The van der Waals surface area contributed by atoms with E-state index in [0.717, 1.165) is 76.1 Å². The number of hydrogen-bond donors (Lipinski definition) is 13. The molecule has 0 spiro atoms. The zero-order valence-electron chi connectivity index (χ0n) is 53.9. The standard InChI is InChI=1S/C21H23N3O4.C14H15N3O2.C14H16N2O4.C13H17N3O2.C6H7N3O/c1-15(12-22)19(24-21(26)28-14-17-6-4-3-5-7-17)20(25)23-13-16-8-10-18(27-2)11-9-16;1-10(8-15)13(16-2)14(18)17-9-11-4-6-12(19-3)7-5-11;1-9(7-15)12(14(18)19)13(17)16-8-10-3-5-11(20-2)6-4-10;1-9(7-14)12(15)13(17)16-8-10-3-5-11(18-2)6-4-10;1-4(3-7)5(9-2)6(8)10/h3-12,22H,13-14H2,1-2H3,(H,23,25)(H,24,26);4-8,15H,9H2,1,3H3,(H,17,18);3-7,15H,8H2,1-2H3,(H,16,17)(H,18,19);3-7,14H,8,15H2,1-2H3,(H,16,17);3,7H,1H3,(H2,8,10)/b19-15+,22-12?;13-10+,15-8?;12-9+,15-7?;12-9+,14-7?;5-4+,7-3?. The molecule has 15 N–H and O–H groups in total. The smallest absolute Gasteiger partial charge is 0.412 e. The summed E-state index contributed by atoms with van der Waals surface area (Å²) < 4.78 is 25.3. The molecule has 0 bridgehead atoms. The van der Waals surface area contributed by atoms with Gasteiger partial charge < -0.3 is 88.6 Å². The zero-order chi connectivity index (χ0) is 71.4. The van der Waals surface area contributed by atoms with E-state index in [2.05, 4.69) is 36.3 Å². The van der Waals surface area contributed by atoms with Crippen molar-refractivity contribution in [3.63, 3.8) is 0 Å². The number of carbonyl (C=O) groups excluding carboxylic acids is 6. The van der Waals surface area contributed by atoms with Crippen molar-refractivity contribution in [2.75, 3.05) is 28.4 Å². The molecule has 0 heterocycles. The van der Waals surface area contributed by atoms with Gasteiger partial charge in [0.15, 0.2) is 0 Å². The van der Waals surface area contributed by atoms with Crippen molar-refractivity contribution in [3.05, 3.63) is 234 Å². The van der Waals surface area contributed by atoms with E-state index in [1.165, 1.54) is 13.8 Å². The minimum Gasteiger partial charge on any atom is -0.497 e. The molecule has 0 aromatic heterocycles. The van der Waals surface area contributed by atoms with Crippen molar-refractivity contribution in [2.24, 2.45) is 11.5 Å². The molecule has 0 aliphatic carbocycles. The van der Waals surface area contributed by atoms with Gasteiger partial charge in [0.05, 0.1) is 41.6 Å². The molecule has 0 aliphatic rings. The first kappa shape index (κ1) is 80.2. The Kier molecular flexibility index (Phi) is 37.7. The fraction of sp³-hybridized carbons (Fsp3) is 0.206. The van der Waals surface area contributed by atoms with Crippen LogP contribution in [-0.2, 0) is 66.3 Å². The molecule has 0 radical (unpaired) electrons. The highest BCUT2D eigenvalue weighted by molar-refractivity contribution is 6.19. The van der Waals surface area contributed by atoms with Crippen LogP contribution >= 0.6 is 0 Å². The van der Waals surface area contributed by atoms with E-state index in [9.17, 15) is 33.6 Å². The molecule has 0 unspecified atom stereocenters. The third-order valence-corrected chi connectivity index (χ3v) is 12.5. The van der Waals surface area contributed by atoms with Gasteiger partial charge in [-0.2, -0.15) is 0 Å². The molecule has 5 aromatic carbocycles. The monoisotopic (exact) mass is 1300 g/mol. The van der Waals surface area contributed by atoms with E-state index in [1.54, 1.807) is 97.7 Å². The van der Waals surface area contributed by atoms with Crippen LogP contribution in [0.25, 0.3) is 9.69 Å². The number of hydrogen-bond acceptors (Lipinski definition) is 18. The Morgan fingerprint density at radius 2 is 0.779 bits per heavy atom. The topological polar surface area (TPSA) is 426 Å². The summed E-state index contributed by atoms with van der Waals surface area (Å²) in [6.45, 7) is 22.3. The number of alkyl carbamates (subject to hydrolysis) is 1. The van der Waals surface area contributed by atoms with Crippen LogP contribution in [0.1, 0.15) is 62.4 Å². The first-order valence-corrected chi connectivity index (χ1v) is 28.1. The van der Waals surface area contributed by atoms with Crippen LogP contribution in [0.3, 0.4) is 0 Å². The maximum atomic E-state index is 12.5. The Bertz CT molecular complexity index is 3730. The van der Waals surface area contributed by atoms with Gasteiger partial charge in [-0.05, 0) is 139 Å². The van der Waals surface area contributed by atoms with Crippen molar-refractivity contribution in [3.8, 4) is 23.0 Å². The second-order valence-corrected chi connectivity index (χ2v) is 19.2. The summed E-state index contributed by atoms with van der Waals surface area (Å²) >= 11 is 0. The lowest BCUT2D eigenvalue weighted by atomic mass is 10.1. The van der Waals surface area contributed by atoms with Crippen molar-refractivity contribution >= 4 is 72.7 Å². The minimum atomic E-state index is -1.35. The van der Waals surface area contributed by atoms with Crippen LogP contribution in [0.15, 0.2) is 184 Å². The highest BCUT2D eigenvalue weighted by Gasteiger charge is 2.20. The third kappa shape index (κ3) is 30.1. The lowest BCUT2D eigenvalue weighted by molar-refractivity contribution is -0.135. The molecule has 6 amide bonds. The molecule has 0 fully saturated rings. The number of benzene rings is 5. The molecular weight excluding hydrogens is 1220 g/mol. The molecule has 0 saturated carbocycles. The highest BCUT2D eigenvalue weighted by atomic mass is 16.5. The van der Waals surface area contributed by atoms with Gasteiger partial charge in [-0.1, -0.05) is 78.9 Å². The quantitative estimate of drug-likeness (QED) is 0.00816. The maximum Gasteiger partial charge on any atom is 0.412 e. The number of primary amides is 1. The molecule has 27 nitrogen and oxygen atoms in total. The number of allylic oxidation sites excluding steroid dienone is 5. The fourth-order valence-corrected chi connectivity index (χ4v) is 6.89. The van der Waals surface area contributed by atoms with Crippen molar-refractivity contribution < 1.29 is 62.4 Å². The lowest BCUT2D eigenvalue weighted by Gasteiger charge is -2.13.